The summed E-state index contributed by atoms with van der Waals surface area (Å²) < 4.78 is 28.7. The van der Waals surface area contributed by atoms with E-state index in [0.717, 1.165) is 26.2 Å². The molecule has 2 fully saturated rings. The van der Waals surface area contributed by atoms with Crippen LogP contribution in [0, 0.1) is 10.1 Å². The second-order valence-corrected chi connectivity index (χ2v) is 10.3. The zero-order valence-electron chi connectivity index (χ0n) is 18.1. The van der Waals surface area contributed by atoms with E-state index in [2.05, 4.69) is 0 Å². The molecule has 0 N–H and O–H groups in total. The predicted molar refractivity (Wildman–Crippen MR) is 118 cm³/mol. The van der Waals surface area contributed by atoms with Gasteiger partial charge in [0.25, 0.3) is 5.91 Å². The number of ether oxygens (including phenoxy) is 1. The molecule has 11 heteroatoms. The molecule has 0 aromatic heterocycles. The van der Waals surface area contributed by atoms with Gasteiger partial charge in [0.15, 0.2) is 0 Å². The molecular formula is C21H25N4O6P. The summed E-state index contributed by atoms with van der Waals surface area (Å²) in [7, 11) is 0.227. The number of amides is 1. The molecule has 170 valence electrons. The summed E-state index contributed by atoms with van der Waals surface area (Å²) in [5.41, 5.74) is 0.793. The molecule has 2 aliphatic heterocycles. The van der Waals surface area contributed by atoms with Crippen LogP contribution in [-0.2, 0) is 9.09 Å². The van der Waals surface area contributed by atoms with Crippen LogP contribution >= 0.6 is 7.67 Å². The molecule has 4 rings (SSSR count). The maximum Gasteiger partial charge on any atom is 0.346 e. The molecule has 0 unspecified atom stereocenters. The quantitative estimate of drug-likeness (QED) is 0.240. The van der Waals surface area contributed by atoms with Crippen LogP contribution in [0.5, 0.6) is 11.5 Å². The fourth-order valence-electron chi connectivity index (χ4n) is 3.27. The zero-order chi connectivity index (χ0) is 23.0. The number of hydrogen-bond acceptors (Lipinski definition) is 6. The SMILES string of the molecule is C[C@H](OP(=O)(N1CC1)N1CC1)c1ccc([N+](=O)[O-])c(Oc2cccc(C(=O)N(C)C)c2)c1. The van der Waals surface area contributed by atoms with Crippen LogP contribution in [0.2, 0.25) is 0 Å². The number of nitrogens with zero attached hydrogens (tertiary/aromatic N) is 4. The topological polar surface area (TPSA) is 105 Å². The lowest BCUT2D eigenvalue weighted by Crippen LogP contribution is -2.21. The minimum absolute atomic E-state index is 0.0192. The molecule has 0 saturated carbocycles. The minimum atomic E-state index is -3.05. The Labute approximate surface area is 186 Å². The highest BCUT2D eigenvalue weighted by Crippen LogP contribution is 2.63. The first-order chi connectivity index (χ1) is 15.2. The summed E-state index contributed by atoms with van der Waals surface area (Å²) in [5.74, 6) is 0.109. The van der Waals surface area contributed by atoms with Crippen LogP contribution in [0.1, 0.15) is 28.9 Å². The highest BCUT2D eigenvalue weighted by atomic mass is 31.2. The molecule has 0 aliphatic carbocycles. The van der Waals surface area contributed by atoms with Crippen LogP contribution in [0.3, 0.4) is 0 Å². The van der Waals surface area contributed by atoms with E-state index in [1.807, 2.05) is 9.34 Å². The fourth-order valence-corrected chi connectivity index (χ4v) is 5.62. The van der Waals surface area contributed by atoms with Gasteiger partial charge in [0, 0.05) is 51.9 Å². The van der Waals surface area contributed by atoms with E-state index in [1.165, 1.54) is 23.1 Å². The number of carbonyl (C=O) groups is 1. The molecule has 2 aromatic carbocycles. The Hall–Kier alpha value is -2.78. The van der Waals surface area contributed by atoms with E-state index in [-0.39, 0.29) is 17.3 Å². The lowest BCUT2D eigenvalue weighted by Gasteiger charge is -2.24. The third kappa shape index (κ3) is 4.68. The Kier molecular flexibility index (Phi) is 6.05. The standard InChI is InChI=1S/C21H25N4O6P/c1-15(31-32(29,23-9-10-23)24-11-12-24)16-7-8-19(25(27)28)20(14-16)30-18-6-4-5-17(13-18)21(26)22(2)3/h4-8,13-15H,9-12H2,1-3H3/t15-/m0/s1. The highest BCUT2D eigenvalue weighted by molar-refractivity contribution is 7.54. The van der Waals surface area contributed by atoms with Crippen molar-refractivity contribution < 1.29 is 23.5 Å². The van der Waals surface area contributed by atoms with E-state index in [1.54, 1.807) is 45.3 Å². The van der Waals surface area contributed by atoms with Crippen molar-refractivity contribution in [3.8, 4) is 11.5 Å². The van der Waals surface area contributed by atoms with Crippen molar-refractivity contribution in [2.45, 2.75) is 13.0 Å². The van der Waals surface area contributed by atoms with Crippen LogP contribution in [0.4, 0.5) is 5.69 Å². The molecule has 0 spiro atoms. The summed E-state index contributed by atoms with van der Waals surface area (Å²) in [5, 5.41) is 11.6. The van der Waals surface area contributed by atoms with Crippen molar-refractivity contribution in [2.75, 3.05) is 40.3 Å². The zero-order valence-corrected chi connectivity index (χ0v) is 19.0. The monoisotopic (exact) mass is 460 g/mol. The number of carbonyl (C=O) groups excluding carboxylic acids is 1. The van der Waals surface area contributed by atoms with Gasteiger partial charge in [-0.2, -0.15) is 0 Å². The van der Waals surface area contributed by atoms with Crippen LogP contribution in [0.15, 0.2) is 42.5 Å². The molecule has 2 aliphatic rings. The third-order valence-electron chi connectivity index (χ3n) is 5.22. The van der Waals surface area contributed by atoms with Crippen molar-refractivity contribution in [3.05, 3.63) is 63.7 Å². The average Bonchev–Trinajstić information content (AvgIpc) is 3.65. The number of rotatable bonds is 9. The fraction of sp³-hybridized carbons (Fsp3) is 0.381. The van der Waals surface area contributed by atoms with Crippen molar-refractivity contribution in [2.24, 2.45) is 0 Å². The van der Waals surface area contributed by atoms with E-state index < -0.39 is 18.7 Å². The van der Waals surface area contributed by atoms with Crippen molar-refractivity contribution in [3.63, 3.8) is 0 Å². The van der Waals surface area contributed by atoms with Gasteiger partial charge in [-0.15, -0.1) is 0 Å². The minimum Gasteiger partial charge on any atom is -0.450 e. The van der Waals surface area contributed by atoms with E-state index in [4.69, 9.17) is 9.26 Å². The number of benzene rings is 2. The molecule has 1 amide bonds. The smallest absolute Gasteiger partial charge is 0.346 e. The van der Waals surface area contributed by atoms with Gasteiger partial charge in [0.2, 0.25) is 5.75 Å². The first-order valence-corrected chi connectivity index (χ1v) is 11.8. The van der Waals surface area contributed by atoms with Gasteiger partial charge in [0.1, 0.15) is 5.75 Å². The lowest BCUT2D eigenvalue weighted by molar-refractivity contribution is -0.385. The molecule has 2 saturated heterocycles. The van der Waals surface area contributed by atoms with E-state index in [0.29, 0.717) is 16.9 Å². The number of nitro benzene ring substituents is 1. The molecule has 32 heavy (non-hydrogen) atoms. The van der Waals surface area contributed by atoms with Gasteiger partial charge in [0.05, 0.1) is 11.0 Å². The van der Waals surface area contributed by atoms with Gasteiger partial charge in [-0.25, -0.2) is 9.34 Å². The Morgan fingerprint density at radius 3 is 2.34 bits per heavy atom. The Morgan fingerprint density at radius 1 is 1.12 bits per heavy atom. The summed E-state index contributed by atoms with van der Waals surface area (Å²) in [6.07, 6.45) is -0.563. The van der Waals surface area contributed by atoms with Crippen LogP contribution < -0.4 is 4.74 Å². The van der Waals surface area contributed by atoms with Crippen molar-refractivity contribution >= 4 is 19.3 Å². The molecule has 2 aromatic rings. The normalized spacial score (nSPS) is 17.0. The van der Waals surface area contributed by atoms with Gasteiger partial charge < -0.3 is 9.64 Å². The summed E-state index contributed by atoms with van der Waals surface area (Å²) in [6.45, 7) is 4.70. The van der Waals surface area contributed by atoms with Crippen molar-refractivity contribution in [1.82, 2.24) is 14.2 Å². The van der Waals surface area contributed by atoms with Gasteiger partial charge in [-0.05, 0) is 42.8 Å². The van der Waals surface area contributed by atoms with Gasteiger partial charge in [-0.3, -0.25) is 24.0 Å². The molecule has 1 atom stereocenters. The second kappa shape index (κ2) is 8.63. The summed E-state index contributed by atoms with van der Waals surface area (Å²) >= 11 is 0. The molecule has 2 heterocycles. The van der Waals surface area contributed by atoms with Gasteiger partial charge >= 0.3 is 13.4 Å². The first-order valence-electron chi connectivity index (χ1n) is 10.3. The third-order valence-corrected chi connectivity index (χ3v) is 8.04. The predicted octanol–water partition coefficient (Wildman–Crippen LogP) is 3.91. The summed E-state index contributed by atoms with van der Waals surface area (Å²) in [4.78, 5) is 24.7. The van der Waals surface area contributed by atoms with E-state index >= 15 is 0 Å². The Balaban J connectivity index is 1.60. The maximum atomic E-state index is 13.3. The van der Waals surface area contributed by atoms with E-state index in [9.17, 15) is 19.5 Å². The highest BCUT2D eigenvalue weighted by Gasteiger charge is 2.50. The Morgan fingerprint density at radius 2 is 1.78 bits per heavy atom. The average molecular weight is 460 g/mol. The molecule has 0 radical (unpaired) electrons. The largest absolute Gasteiger partial charge is 0.450 e. The maximum absolute atomic E-state index is 13.3. The van der Waals surface area contributed by atoms with Crippen LogP contribution in [-0.4, -0.2) is 65.3 Å². The lowest BCUT2D eigenvalue weighted by atomic mass is 10.1. The number of hydrogen-bond donors (Lipinski definition) is 0. The van der Waals surface area contributed by atoms with Crippen molar-refractivity contribution in [1.29, 1.82) is 0 Å². The molecule has 0 bridgehead atoms. The first kappa shape index (κ1) is 22.4. The Bertz CT molecular complexity index is 1080. The molecule has 10 nitrogen and oxygen atoms in total. The van der Waals surface area contributed by atoms with Gasteiger partial charge in [-0.1, -0.05) is 6.07 Å². The molecular weight excluding hydrogens is 435 g/mol. The second-order valence-electron chi connectivity index (χ2n) is 7.96. The summed E-state index contributed by atoms with van der Waals surface area (Å²) in [6, 6.07) is 10.9. The number of nitro groups is 1. The van der Waals surface area contributed by atoms with Crippen LogP contribution in [0.25, 0.3) is 0 Å².